The van der Waals surface area contributed by atoms with Crippen LogP contribution in [0.5, 0.6) is 0 Å². The van der Waals surface area contributed by atoms with Crippen molar-refractivity contribution in [1.82, 2.24) is 5.32 Å². The molecule has 1 aliphatic rings. The lowest BCUT2D eigenvalue weighted by atomic mass is 9.89. The number of rotatable bonds is 7. The number of ether oxygens (including phenoxy) is 1. The topological polar surface area (TPSA) is 58.6 Å². The first kappa shape index (κ1) is 11.5. The molecule has 0 aromatic carbocycles. The lowest BCUT2D eigenvalue weighted by Gasteiger charge is -2.34. The molecular weight excluding hydrogens is 182 g/mol. The largest absolute Gasteiger partial charge is 0.481 e. The predicted octanol–water partition coefficient (Wildman–Crippen LogP) is 1.01. The molecule has 0 heterocycles. The summed E-state index contributed by atoms with van der Waals surface area (Å²) in [5, 5.41) is 11.8. The van der Waals surface area contributed by atoms with E-state index in [2.05, 4.69) is 5.32 Å². The van der Waals surface area contributed by atoms with Crippen LogP contribution in [0.4, 0.5) is 0 Å². The van der Waals surface area contributed by atoms with E-state index in [-0.39, 0.29) is 6.42 Å². The summed E-state index contributed by atoms with van der Waals surface area (Å²) in [4.78, 5) is 10.2. The molecule has 0 unspecified atom stereocenters. The molecule has 4 nitrogen and oxygen atoms in total. The van der Waals surface area contributed by atoms with E-state index in [4.69, 9.17) is 9.84 Å². The molecule has 0 atom stereocenters. The molecular formula is C10H19NO3. The Kier molecular flexibility index (Phi) is 4.90. The normalized spacial score (nSPS) is 25.8. The monoisotopic (exact) mass is 201 g/mol. The van der Waals surface area contributed by atoms with E-state index in [1.54, 1.807) is 7.11 Å². The fourth-order valence-electron chi connectivity index (χ4n) is 1.63. The number of hydrogen-bond donors (Lipinski definition) is 2. The van der Waals surface area contributed by atoms with Crippen molar-refractivity contribution in [1.29, 1.82) is 0 Å². The highest BCUT2D eigenvalue weighted by molar-refractivity contribution is 5.66. The van der Waals surface area contributed by atoms with Gasteiger partial charge in [0.1, 0.15) is 0 Å². The molecule has 4 heteroatoms. The Morgan fingerprint density at radius 3 is 2.79 bits per heavy atom. The summed E-state index contributed by atoms with van der Waals surface area (Å²) in [6.07, 6.45) is 4.62. The van der Waals surface area contributed by atoms with Gasteiger partial charge < -0.3 is 15.2 Å². The fourth-order valence-corrected chi connectivity index (χ4v) is 1.63. The molecule has 0 bridgehead atoms. The van der Waals surface area contributed by atoms with Crippen LogP contribution in [0.3, 0.4) is 0 Å². The summed E-state index contributed by atoms with van der Waals surface area (Å²) < 4.78 is 5.16. The highest BCUT2D eigenvalue weighted by Crippen LogP contribution is 2.22. The molecule has 0 saturated heterocycles. The molecule has 14 heavy (non-hydrogen) atoms. The lowest BCUT2D eigenvalue weighted by Crippen LogP contribution is -2.45. The molecule has 2 N–H and O–H groups in total. The summed E-state index contributed by atoms with van der Waals surface area (Å²) in [6.45, 7) is 0.925. The van der Waals surface area contributed by atoms with Crippen LogP contribution in [0.2, 0.25) is 0 Å². The second-order valence-corrected chi connectivity index (χ2v) is 3.83. The highest BCUT2D eigenvalue weighted by Gasteiger charge is 2.27. The van der Waals surface area contributed by atoms with Gasteiger partial charge in [0.2, 0.25) is 0 Å². The number of hydrogen-bond acceptors (Lipinski definition) is 3. The van der Waals surface area contributed by atoms with Gasteiger partial charge in [0.15, 0.2) is 0 Å². The van der Waals surface area contributed by atoms with Crippen molar-refractivity contribution < 1.29 is 14.6 Å². The van der Waals surface area contributed by atoms with Crippen LogP contribution in [-0.2, 0) is 9.53 Å². The van der Waals surface area contributed by atoms with Crippen LogP contribution in [0.15, 0.2) is 0 Å². The zero-order valence-electron chi connectivity index (χ0n) is 8.66. The van der Waals surface area contributed by atoms with Gasteiger partial charge in [-0.2, -0.15) is 0 Å². The van der Waals surface area contributed by atoms with Gasteiger partial charge in [-0.3, -0.25) is 4.79 Å². The number of carbonyl (C=O) groups is 1. The maximum Gasteiger partial charge on any atom is 0.303 e. The number of carboxylic acids is 1. The van der Waals surface area contributed by atoms with Crippen molar-refractivity contribution in [3.05, 3.63) is 0 Å². The summed E-state index contributed by atoms with van der Waals surface area (Å²) in [5.41, 5.74) is 0. The molecule has 0 aromatic heterocycles. The maximum absolute atomic E-state index is 10.2. The van der Waals surface area contributed by atoms with Gasteiger partial charge in [-0.25, -0.2) is 0 Å². The minimum absolute atomic E-state index is 0.285. The Labute approximate surface area is 84.6 Å². The average Bonchev–Trinajstić information content (AvgIpc) is 2.07. The standard InChI is InChI=1S/C10H19NO3/c1-14-9-6-8(7-9)11-5-3-2-4-10(12)13/h8-9,11H,2-7H2,1H3,(H,12,13). The van der Waals surface area contributed by atoms with Crippen molar-refractivity contribution in [2.45, 2.75) is 44.2 Å². The van der Waals surface area contributed by atoms with Crippen molar-refractivity contribution in [2.75, 3.05) is 13.7 Å². The predicted molar refractivity (Wildman–Crippen MR) is 53.3 cm³/mol. The number of nitrogens with one attached hydrogen (secondary N) is 1. The summed E-state index contributed by atoms with van der Waals surface area (Å²) in [5.74, 6) is -0.701. The molecule has 82 valence electrons. The maximum atomic E-state index is 10.2. The van der Waals surface area contributed by atoms with Gasteiger partial charge >= 0.3 is 5.97 Å². The summed E-state index contributed by atoms with van der Waals surface area (Å²) in [6, 6.07) is 0.588. The van der Waals surface area contributed by atoms with Crippen LogP contribution < -0.4 is 5.32 Å². The average molecular weight is 201 g/mol. The van der Waals surface area contributed by atoms with Crippen molar-refractivity contribution in [2.24, 2.45) is 0 Å². The lowest BCUT2D eigenvalue weighted by molar-refractivity contribution is -0.137. The molecule has 0 amide bonds. The first-order valence-electron chi connectivity index (χ1n) is 5.20. The van der Waals surface area contributed by atoms with E-state index in [0.717, 1.165) is 32.2 Å². The summed E-state index contributed by atoms with van der Waals surface area (Å²) in [7, 11) is 1.74. The molecule has 1 fully saturated rings. The molecule has 0 spiro atoms. The first-order chi connectivity index (χ1) is 6.72. The van der Waals surface area contributed by atoms with Crippen LogP contribution >= 0.6 is 0 Å². The fraction of sp³-hybridized carbons (Fsp3) is 0.900. The Morgan fingerprint density at radius 1 is 1.50 bits per heavy atom. The minimum Gasteiger partial charge on any atom is -0.481 e. The molecule has 0 aromatic rings. The quantitative estimate of drug-likeness (QED) is 0.603. The van der Waals surface area contributed by atoms with Crippen LogP contribution in [0.25, 0.3) is 0 Å². The van der Waals surface area contributed by atoms with E-state index in [9.17, 15) is 4.79 Å². The van der Waals surface area contributed by atoms with E-state index >= 15 is 0 Å². The number of carboxylic acid groups (broad SMARTS) is 1. The van der Waals surface area contributed by atoms with Gasteiger partial charge in [0.05, 0.1) is 6.10 Å². The van der Waals surface area contributed by atoms with Crippen molar-refractivity contribution in [3.8, 4) is 0 Å². The van der Waals surface area contributed by atoms with Crippen LogP contribution in [0, 0.1) is 0 Å². The first-order valence-corrected chi connectivity index (χ1v) is 5.20. The Bertz CT molecular complexity index is 178. The second-order valence-electron chi connectivity index (χ2n) is 3.83. The smallest absolute Gasteiger partial charge is 0.303 e. The summed E-state index contributed by atoms with van der Waals surface area (Å²) >= 11 is 0. The third-order valence-electron chi connectivity index (χ3n) is 2.68. The zero-order chi connectivity index (χ0) is 10.4. The van der Waals surface area contributed by atoms with Gasteiger partial charge in [-0.05, 0) is 32.2 Å². The van der Waals surface area contributed by atoms with Crippen LogP contribution in [-0.4, -0.2) is 36.9 Å². The Hall–Kier alpha value is -0.610. The zero-order valence-corrected chi connectivity index (χ0v) is 8.66. The number of unbranched alkanes of at least 4 members (excludes halogenated alkanes) is 1. The van der Waals surface area contributed by atoms with E-state index in [1.165, 1.54) is 0 Å². The minimum atomic E-state index is -0.701. The van der Waals surface area contributed by atoms with Gasteiger partial charge in [0, 0.05) is 19.6 Å². The van der Waals surface area contributed by atoms with E-state index < -0.39 is 5.97 Å². The Balaban J connectivity index is 1.84. The molecule has 1 saturated carbocycles. The van der Waals surface area contributed by atoms with Gasteiger partial charge in [-0.15, -0.1) is 0 Å². The van der Waals surface area contributed by atoms with E-state index in [1.807, 2.05) is 0 Å². The highest BCUT2D eigenvalue weighted by atomic mass is 16.5. The van der Waals surface area contributed by atoms with Gasteiger partial charge in [-0.1, -0.05) is 0 Å². The second kappa shape index (κ2) is 5.98. The third kappa shape index (κ3) is 4.07. The number of methoxy groups -OCH3 is 1. The Morgan fingerprint density at radius 2 is 2.21 bits per heavy atom. The van der Waals surface area contributed by atoms with Gasteiger partial charge in [0.25, 0.3) is 0 Å². The van der Waals surface area contributed by atoms with Crippen molar-refractivity contribution >= 4 is 5.97 Å². The molecule has 1 rings (SSSR count). The SMILES string of the molecule is COC1CC(NCCCCC(=O)O)C1. The molecule has 0 radical (unpaired) electrons. The molecule has 0 aliphatic heterocycles. The van der Waals surface area contributed by atoms with Crippen molar-refractivity contribution in [3.63, 3.8) is 0 Å². The number of aliphatic carboxylic acids is 1. The van der Waals surface area contributed by atoms with E-state index in [0.29, 0.717) is 12.1 Å². The molecule has 1 aliphatic carbocycles. The van der Waals surface area contributed by atoms with Crippen LogP contribution in [0.1, 0.15) is 32.1 Å². The third-order valence-corrected chi connectivity index (χ3v) is 2.68.